The zero-order valence-electron chi connectivity index (χ0n) is 28.2. The van der Waals surface area contributed by atoms with Crippen molar-refractivity contribution < 1.29 is 51.0 Å². The maximum Gasteiger partial charge on any atom is 0.459 e. The number of nitrogens with zero attached hydrogens (tertiary/aromatic N) is 3. The van der Waals surface area contributed by atoms with E-state index in [1.165, 1.54) is 57.3 Å². The van der Waals surface area contributed by atoms with Crippen molar-refractivity contribution in [2.75, 3.05) is 26.6 Å². The molecule has 51 heavy (non-hydrogen) atoms. The Balaban J connectivity index is 1.78. The Morgan fingerprint density at radius 1 is 0.961 bits per heavy atom. The van der Waals surface area contributed by atoms with Gasteiger partial charge in [-0.05, 0) is 51.1 Å². The molecule has 0 spiro atoms. The van der Waals surface area contributed by atoms with Crippen LogP contribution >= 0.6 is 15.5 Å². The molecule has 0 amide bonds. The largest absolute Gasteiger partial charge is 0.468 e. The fourth-order valence-electron chi connectivity index (χ4n) is 4.95. The first kappa shape index (κ1) is 39.2. The average Bonchev–Trinajstić information content (AvgIpc) is 3.37. The fraction of sp³-hybridized carbons (Fsp3) is 0.387. The molecule has 1 fully saturated rings. The third-order valence-electron chi connectivity index (χ3n) is 7.50. The van der Waals surface area contributed by atoms with E-state index in [-0.39, 0.29) is 17.3 Å². The van der Waals surface area contributed by atoms with E-state index in [4.69, 9.17) is 38.0 Å². The minimum atomic E-state index is -4.68. The average molecular weight is 749 g/mol. The summed E-state index contributed by atoms with van der Waals surface area (Å²) in [4.78, 5) is 41.4. The Bertz CT molecular complexity index is 1880. The number of methoxy groups -OCH3 is 2. The molecule has 0 aliphatic carbocycles. The highest BCUT2D eigenvalue weighted by atomic mass is 31.2. The van der Waals surface area contributed by atoms with Crippen LogP contribution in [-0.2, 0) is 42.0 Å². The highest BCUT2D eigenvalue weighted by Crippen LogP contribution is 2.56. The lowest BCUT2D eigenvalue weighted by Crippen LogP contribution is -2.44. The quantitative estimate of drug-likeness (QED) is 0.141. The Labute approximate surface area is 293 Å². The predicted octanol–water partition coefficient (Wildman–Crippen LogP) is 3.33. The van der Waals surface area contributed by atoms with Crippen LogP contribution in [0.15, 0.2) is 77.7 Å². The van der Waals surface area contributed by atoms with Crippen LogP contribution in [0.2, 0.25) is 0 Å². The molecule has 3 aromatic rings. The molecule has 4 N–H and O–H groups in total. The molecule has 2 heterocycles. The Hall–Kier alpha value is -4.59. The summed E-state index contributed by atoms with van der Waals surface area (Å²) in [6.45, 7) is 3.36. The number of benzene rings is 2. The number of nitriles is 1. The minimum absolute atomic E-state index is 0.0630. The molecular formula is C31H38N6O12P2. The predicted molar refractivity (Wildman–Crippen MR) is 180 cm³/mol. The summed E-state index contributed by atoms with van der Waals surface area (Å²) in [6, 6.07) is 16.7. The summed E-state index contributed by atoms with van der Waals surface area (Å²) in [7, 11) is -6.90. The molecule has 18 nitrogen and oxygen atoms in total. The maximum atomic E-state index is 14.6. The van der Waals surface area contributed by atoms with Gasteiger partial charge in [0.25, 0.3) is 0 Å². The molecule has 3 unspecified atom stereocenters. The van der Waals surface area contributed by atoms with Crippen molar-refractivity contribution in [2.24, 2.45) is 5.41 Å². The van der Waals surface area contributed by atoms with E-state index < -0.39 is 75.7 Å². The number of nitrogen functional groups attached to an aromatic ring is 1. The van der Waals surface area contributed by atoms with Crippen LogP contribution < -0.4 is 30.6 Å². The third kappa shape index (κ3) is 9.60. The molecule has 1 aliphatic heterocycles. The van der Waals surface area contributed by atoms with Gasteiger partial charge >= 0.3 is 33.1 Å². The molecule has 1 saturated heterocycles. The zero-order chi connectivity index (χ0) is 37.4. The molecule has 0 bridgehead atoms. The number of hydrogen-bond donors (Lipinski definition) is 3. The van der Waals surface area contributed by atoms with Crippen LogP contribution in [0, 0.1) is 16.7 Å². The van der Waals surface area contributed by atoms with Crippen molar-refractivity contribution in [1.82, 2.24) is 19.7 Å². The van der Waals surface area contributed by atoms with E-state index in [2.05, 4.69) is 21.2 Å². The molecule has 2 aromatic carbocycles. The summed E-state index contributed by atoms with van der Waals surface area (Å²) in [5, 5.41) is 15.7. The van der Waals surface area contributed by atoms with Crippen LogP contribution in [0.4, 0.5) is 5.82 Å². The number of aromatic nitrogens is 2. The highest BCUT2D eigenvalue weighted by molar-refractivity contribution is 7.52. The monoisotopic (exact) mass is 748 g/mol. The summed E-state index contributed by atoms with van der Waals surface area (Å²) in [5.74, 6) is -1.54. The molecule has 274 valence electrons. The van der Waals surface area contributed by atoms with Gasteiger partial charge < -0.3 is 29.0 Å². The van der Waals surface area contributed by atoms with E-state index >= 15 is 0 Å². The summed E-state index contributed by atoms with van der Waals surface area (Å²) >= 11 is 0. The first-order valence-corrected chi connectivity index (χ1v) is 18.4. The smallest absolute Gasteiger partial charge is 0.459 e. The van der Waals surface area contributed by atoms with Gasteiger partial charge in [-0.25, -0.2) is 13.9 Å². The maximum absolute atomic E-state index is 14.6. The number of hydrogen-bond acceptors (Lipinski definition) is 15. The number of nitrogens with one attached hydrogen (secondary N) is 2. The van der Waals surface area contributed by atoms with Crippen molar-refractivity contribution in [3.63, 3.8) is 0 Å². The van der Waals surface area contributed by atoms with Crippen LogP contribution in [0.3, 0.4) is 0 Å². The lowest BCUT2D eigenvalue weighted by molar-refractivity contribution is -0.143. The highest BCUT2D eigenvalue weighted by Gasteiger charge is 2.59. The van der Waals surface area contributed by atoms with Crippen LogP contribution in [0.5, 0.6) is 11.5 Å². The Morgan fingerprint density at radius 2 is 1.47 bits per heavy atom. The number of rotatable bonds is 16. The van der Waals surface area contributed by atoms with Gasteiger partial charge in [0.05, 0.1) is 26.9 Å². The van der Waals surface area contributed by atoms with Crippen molar-refractivity contribution in [1.29, 1.82) is 5.26 Å². The van der Waals surface area contributed by atoms with Gasteiger partial charge in [0, 0.05) is 6.20 Å². The number of ether oxygens (including phenoxy) is 3. The van der Waals surface area contributed by atoms with Gasteiger partial charge in [-0.3, -0.25) is 23.2 Å². The van der Waals surface area contributed by atoms with Gasteiger partial charge in [-0.15, -0.1) is 0 Å². The molecule has 4 rings (SSSR count). The minimum Gasteiger partial charge on any atom is -0.468 e. The molecule has 0 saturated carbocycles. The Morgan fingerprint density at radius 3 is 1.96 bits per heavy atom. The van der Waals surface area contributed by atoms with Crippen LogP contribution in [0.25, 0.3) is 0 Å². The van der Waals surface area contributed by atoms with Gasteiger partial charge in [0.15, 0.2) is 6.23 Å². The Kier molecular flexibility index (Phi) is 12.8. The summed E-state index contributed by atoms with van der Waals surface area (Å²) in [5.41, 5.74) is 2.91. The molecular weight excluding hydrogens is 710 g/mol. The summed E-state index contributed by atoms with van der Waals surface area (Å²) in [6.07, 6.45) is -3.32. The number of carbonyl (C=O) groups excluding carboxylic acids is 2. The number of para-hydroxylation sites is 2. The molecule has 0 radical (unpaired) electrons. The van der Waals surface area contributed by atoms with Crippen molar-refractivity contribution in [2.45, 2.75) is 51.3 Å². The van der Waals surface area contributed by atoms with E-state index in [0.29, 0.717) is 0 Å². The second-order valence-corrected chi connectivity index (χ2v) is 14.7. The first-order chi connectivity index (χ1) is 24.2. The third-order valence-corrected chi connectivity index (χ3v) is 10.8. The first-order valence-electron chi connectivity index (χ1n) is 15.3. The SMILES string of the molecule is COC(=O)[C@H](C)NP(=O)(OCC1O[C@@H](n2ccc(N)nc2=O)[C@](C)(C#N)[C@@H]1OP(=O)(N[C@@H](C)C(=O)OC)Oc1ccccc1)Oc1ccccc1. The number of esters is 2. The number of anilines is 1. The number of nitrogens with two attached hydrogens (primary N) is 1. The van der Waals surface area contributed by atoms with Crippen molar-refractivity contribution in [3.8, 4) is 17.6 Å². The van der Waals surface area contributed by atoms with E-state index in [0.717, 1.165) is 18.8 Å². The topological polar surface area (TPSA) is 242 Å². The lowest BCUT2D eigenvalue weighted by Gasteiger charge is -2.32. The standard InChI is InChI=1S/C31H38N6O12P2/c1-20(27(38)43-4)35-50(41,47-22-12-8-6-9-13-22)45-18-24-26(31(3,19-32)29(46-24)37-17-16-25(33)34-30(37)40)49-51(42,36-21(2)28(39)44-5)48-23-14-10-7-11-15-23/h6-17,20-21,24,26,29H,18H2,1-5H3,(H,35,41)(H,36,42)(H2,33,34,40)/t20-,21-,24?,26+,29+,31+,50?,51?/m0/s1. The van der Waals surface area contributed by atoms with E-state index in [9.17, 15) is 28.8 Å². The second-order valence-electron chi connectivity index (χ2n) is 11.3. The molecule has 20 heteroatoms. The number of carbonyl (C=O) groups is 2. The van der Waals surface area contributed by atoms with Crippen LogP contribution in [0.1, 0.15) is 27.0 Å². The summed E-state index contributed by atoms with van der Waals surface area (Å²) < 4.78 is 68.8. The van der Waals surface area contributed by atoms with Crippen LogP contribution in [-0.4, -0.2) is 66.6 Å². The van der Waals surface area contributed by atoms with Gasteiger partial charge in [0.2, 0.25) is 0 Å². The van der Waals surface area contributed by atoms with Crippen molar-refractivity contribution in [3.05, 3.63) is 83.4 Å². The normalized spacial score (nSPS) is 23.4. The zero-order valence-corrected chi connectivity index (χ0v) is 30.0. The second kappa shape index (κ2) is 16.6. The van der Waals surface area contributed by atoms with Crippen molar-refractivity contribution >= 4 is 33.2 Å². The van der Waals surface area contributed by atoms with Gasteiger partial charge in [-0.2, -0.15) is 20.4 Å². The molecule has 1 aliphatic rings. The van der Waals surface area contributed by atoms with E-state index in [1.54, 1.807) is 36.4 Å². The van der Waals surface area contributed by atoms with Gasteiger partial charge in [-0.1, -0.05) is 36.4 Å². The fourth-order valence-corrected chi connectivity index (χ4v) is 8.24. The lowest BCUT2D eigenvalue weighted by atomic mass is 9.84. The van der Waals surface area contributed by atoms with Gasteiger partial charge in [0.1, 0.15) is 47.0 Å². The molecule has 1 aromatic heterocycles. The molecule has 8 atom stereocenters. The van der Waals surface area contributed by atoms with E-state index in [1.807, 2.05) is 0 Å².